The Morgan fingerprint density at radius 1 is 0.613 bits per heavy atom. The monoisotopic (exact) mass is 818 g/mol. The molecule has 0 unspecified atom stereocenters. The van der Waals surface area contributed by atoms with Crippen LogP contribution in [0.2, 0.25) is 0 Å². The van der Waals surface area contributed by atoms with Crippen LogP contribution in [-0.2, 0) is 89.5 Å². The zero-order chi connectivity index (χ0) is 18.4. The fraction of sp³-hybridized carbons (Fsp3) is 1.00. The molecule has 4 bridgehead atoms. The molecule has 0 aromatic carbocycles. The van der Waals surface area contributed by atoms with E-state index >= 15 is 0 Å². The van der Waals surface area contributed by atoms with Gasteiger partial charge >= 0.3 is 44.8 Å². The molecule has 16 heteroatoms. The van der Waals surface area contributed by atoms with Gasteiger partial charge in [0.1, 0.15) is 0 Å². The Morgan fingerprint density at radius 2 is 0.871 bits per heavy atom. The maximum Gasteiger partial charge on any atom is 1.00 e. The van der Waals surface area contributed by atoms with Gasteiger partial charge in [0.15, 0.2) is 0 Å². The average Bonchev–Trinajstić information content (AvgIpc) is 2.53. The second-order valence-electron chi connectivity index (χ2n) is 7.78. The van der Waals surface area contributed by atoms with E-state index in [0.29, 0.717) is 13.3 Å². The van der Waals surface area contributed by atoms with Crippen LogP contribution in [0.1, 0.15) is 0 Å². The van der Waals surface area contributed by atoms with Crippen LogP contribution in [0.4, 0.5) is 0 Å². The zero-order valence-electron chi connectivity index (χ0n) is 18.9. The molecule has 2 radical (unpaired) electrons. The van der Waals surface area contributed by atoms with Crippen LogP contribution in [0.5, 0.6) is 0 Å². The average molecular weight is 822 g/mol. The van der Waals surface area contributed by atoms with E-state index in [0.717, 1.165) is 20.0 Å². The molecule has 0 aromatic heterocycles. The van der Waals surface area contributed by atoms with Gasteiger partial charge in [-0.3, -0.25) is 39.2 Å². The topological polar surface area (TPSA) is 145 Å². The van der Waals surface area contributed by atoms with Gasteiger partial charge in [0, 0.05) is 58.1 Å². The Hall–Kier alpha value is 2.48. The van der Waals surface area contributed by atoms with Crippen molar-refractivity contribution in [3.05, 3.63) is 12.3 Å². The van der Waals surface area contributed by atoms with Gasteiger partial charge in [0.05, 0.1) is 60.0 Å². The maximum absolute atomic E-state index is 5.50. The zero-order valence-corrected chi connectivity index (χ0v) is 24.8. The summed E-state index contributed by atoms with van der Waals surface area (Å²) >= 11 is 0. The second kappa shape index (κ2) is 22.9. The molecule has 12 nitrogen and oxygen atoms in total. The Bertz CT molecular complexity index is 327. The Kier molecular flexibility index (Phi) is 32.2. The van der Waals surface area contributed by atoms with E-state index in [1.165, 1.54) is 40.0 Å². The first-order valence-corrected chi connectivity index (χ1v) is 8.93. The Morgan fingerprint density at radius 3 is 1.06 bits per heavy atom. The number of nitrogens with zero attached hydrogens (tertiary/aromatic N) is 8. The van der Waals surface area contributed by atoms with Gasteiger partial charge < -0.3 is 23.8 Å². The first-order chi connectivity index (χ1) is 11.9. The van der Waals surface area contributed by atoms with E-state index in [4.69, 9.17) is 11.5 Å². The first-order valence-electron chi connectivity index (χ1n) is 8.93. The molecule has 5 fully saturated rings. The summed E-state index contributed by atoms with van der Waals surface area (Å²) in [7, 11) is 8.05. The molecule has 5 heterocycles. The first kappa shape index (κ1) is 43.5. The smallest absolute Gasteiger partial charge is 0.693 e. The van der Waals surface area contributed by atoms with Crippen molar-refractivity contribution >= 4 is 0 Å². The fourth-order valence-electron chi connectivity index (χ4n) is 3.58. The summed E-state index contributed by atoms with van der Waals surface area (Å²) in [5.74, 6) is 0. The SMILES string of the molecule is C1N2CN3CN1CN(C2)C3.CN(C)CN.CN1CN(C)CN(CN)C1.[Ag+].[Ag+].[Ag].[Ag].[NH2-].[NH2-]. The van der Waals surface area contributed by atoms with Crippen LogP contribution in [-0.4, -0.2) is 141 Å². The minimum Gasteiger partial charge on any atom is -0.693 e. The molecule has 31 heavy (non-hydrogen) atoms. The van der Waals surface area contributed by atoms with Crippen LogP contribution in [0, 0.1) is 0 Å². The van der Waals surface area contributed by atoms with Crippen LogP contribution in [0.25, 0.3) is 12.3 Å². The molecule has 0 spiro atoms. The third kappa shape index (κ3) is 16.7. The van der Waals surface area contributed by atoms with Crippen molar-refractivity contribution in [1.29, 1.82) is 0 Å². The van der Waals surface area contributed by atoms with Gasteiger partial charge in [-0.05, 0) is 28.2 Å². The molecule has 0 aliphatic carbocycles. The molecule has 206 valence electrons. The molecule has 0 saturated carbocycles. The quantitative estimate of drug-likeness (QED) is 0.258. The standard InChI is InChI=1S/C6H12N4.C6H16N4.C3H10N2.4Ag.2H2N/c1-7-2-9-4-8(1)5-10(3-7)6-9;1-8-4-9(2)6-10(3-7)5-8;1-5(2)3-4;;;;;;/h1-6H2;3-7H2,1-2H3;3-4H2,1-2H3;;;;;2*1H2/q;;;;;2*+1;2*-1. The third-order valence-electron chi connectivity index (χ3n) is 4.39. The molecular weight excluding hydrogens is 780 g/mol. The van der Waals surface area contributed by atoms with Crippen molar-refractivity contribution in [2.45, 2.75) is 0 Å². The normalized spacial score (nSPS) is 28.4. The molecule has 5 aliphatic rings. The number of hydrogen-bond donors (Lipinski definition) is 2. The number of nitrogens with two attached hydrogens (primary N) is 4. The van der Waals surface area contributed by atoms with Crippen LogP contribution < -0.4 is 11.5 Å². The predicted molar refractivity (Wildman–Crippen MR) is 111 cm³/mol. The Labute approximate surface area is 251 Å². The van der Waals surface area contributed by atoms with E-state index in [2.05, 4.69) is 48.4 Å². The minimum absolute atomic E-state index is 0. The summed E-state index contributed by atoms with van der Waals surface area (Å²) in [4.78, 5) is 18.4. The molecule has 5 saturated heterocycles. The summed E-state index contributed by atoms with van der Waals surface area (Å²) in [6.45, 7) is 11.4. The van der Waals surface area contributed by atoms with Gasteiger partial charge in [-0.2, -0.15) is 0 Å². The molecule has 0 amide bonds. The Balaban J connectivity index is -0.000000104. The van der Waals surface area contributed by atoms with Crippen molar-refractivity contribution in [3.63, 3.8) is 0 Å². The summed E-state index contributed by atoms with van der Waals surface area (Å²) < 4.78 is 0. The van der Waals surface area contributed by atoms with Crippen LogP contribution in [0.15, 0.2) is 0 Å². The summed E-state index contributed by atoms with van der Waals surface area (Å²) in [6.07, 6.45) is 0. The molecule has 5 rings (SSSR count). The molecule has 0 aromatic rings. The van der Waals surface area contributed by atoms with Gasteiger partial charge in [-0.1, -0.05) is 0 Å². The number of rotatable bonds is 2. The maximum atomic E-state index is 5.50. The largest absolute Gasteiger partial charge is 1.00 e. The van der Waals surface area contributed by atoms with Crippen molar-refractivity contribution in [1.82, 2.24) is 39.2 Å². The minimum atomic E-state index is 0. The van der Waals surface area contributed by atoms with Gasteiger partial charge in [-0.15, -0.1) is 0 Å². The van der Waals surface area contributed by atoms with E-state index in [1.807, 2.05) is 19.0 Å². The summed E-state index contributed by atoms with van der Waals surface area (Å²) in [5.41, 5.74) is 10.6. The van der Waals surface area contributed by atoms with Crippen molar-refractivity contribution < 1.29 is 89.5 Å². The van der Waals surface area contributed by atoms with Crippen molar-refractivity contribution in [3.8, 4) is 0 Å². The van der Waals surface area contributed by atoms with Crippen molar-refractivity contribution in [2.24, 2.45) is 11.5 Å². The summed E-state index contributed by atoms with van der Waals surface area (Å²) in [5, 5.41) is 0. The van der Waals surface area contributed by atoms with Gasteiger partial charge in [0.2, 0.25) is 0 Å². The van der Waals surface area contributed by atoms with E-state index in [-0.39, 0.29) is 102 Å². The summed E-state index contributed by atoms with van der Waals surface area (Å²) in [6, 6.07) is 0. The molecule has 0 atom stereocenters. The van der Waals surface area contributed by atoms with Crippen LogP contribution >= 0.6 is 0 Å². The van der Waals surface area contributed by atoms with Gasteiger partial charge in [-0.25, -0.2) is 0 Å². The molecule has 8 N–H and O–H groups in total. The third-order valence-corrected chi connectivity index (χ3v) is 4.39. The van der Waals surface area contributed by atoms with Crippen LogP contribution in [0.3, 0.4) is 0 Å². The molecule has 5 aliphatic heterocycles. The van der Waals surface area contributed by atoms with Gasteiger partial charge in [0.25, 0.3) is 0 Å². The second-order valence-corrected chi connectivity index (χ2v) is 7.78. The molecular formula is C15H42Ag4N12. The van der Waals surface area contributed by atoms with Crippen molar-refractivity contribution in [2.75, 3.05) is 102 Å². The van der Waals surface area contributed by atoms with E-state index in [1.54, 1.807) is 0 Å². The van der Waals surface area contributed by atoms with E-state index in [9.17, 15) is 0 Å². The number of hydrogen-bond acceptors (Lipinski definition) is 10. The fourth-order valence-corrected chi connectivity index (χ4v) is 3.58. The predicted octanol–water partition coefficient (Wildman–Crippen LogP) is -1.18. The van der Waals surface area contributed by atoms with E-state index < -0.39 is 0 Å².